The summed E-state index contributed by atoms with van der Waals surface area (Å²) in [6, 6.07) is 4.65. The number of hydrogen-bond acceptors (Lipinski definition) is 4. The van der Waals surface area contributed by atoms with Crippen LogP contribution in [0.25, 0.3) is 0 Å². The van der Waals surface area contributed by atoms with Crippen molar-refractivity contribution in [2.75, 3.05) is 23.7 Å². The molecular weight excluding hydrogens is 307 g/mol. The van der Waals surface area contributed by atoms with Gasteiger partial charge in [-0.15, -0.1) is 0 Å². The largest absolute Gasteiger partial charge is 0.443 e. The van der Waals surface area contributed by atoms with E-state index in [4.69, 9.17) is 10.5 Å². The second kappa shape index (κ2) is 6.34. The molecule has 1 aromatic carbocycles. The molecule has 0 saturated carbocycles. The zero-order valence-electron chi connectivity index (χ0n) is 12.2. The average molecular weight is 326 g/mol. The van der Waals surface area contributed by atoms with Gasteiger partial charge < -0.3 is 10.5 Å². The van der Waals surface area contributed by atoms with Crippen LogP contribution in [-0.2, 0) is 15.5 Å². The molecule has 2 saturated heterocycles. The van der Waals surface area contributed by atoms with Crippen LogP contribution >= 0.6 is 0 Å². The van der Waals surface area contributed by atoms with E-state index in [2.05, 4.69) is 0 Å². The summed E-state index contributed by atoms with van der Waals surface area (Å²) in [5.41, 5.74) is 6.42. The van der Waals surface area contributed by atoms with Crippen molar-refractivity contribution in [1.29, 1.82) is 0 Å². The Labute approximate surface area is 131 Å². The first-order chi connectivity index (χ1) is 10.6. The molecule has 3 atom stereocenters. The van der Waals surface area contributed by atoms with Gasteiger partial charge in [-0.2, -0.15) is 0 Å². The molecule has 2 fully saturated rings. The monoisotopic (exact) mass is 326 g/mol. The van der Waals surface area contributed by atoms with Gasteiger partial charge in [0.1, 0.15) is 11.9 Å². The third kappa shape index (κ3) is 2.87. The van der Waals surface area contributed by atoms with Crippen molar-refractivity contribution in [3.63, 3.8) is 0 Å². The lowest BCUT2D eigenvalue weighted by Gasteiger charge is -2.23. The maximum atomic E-state index is 14.4. The summed E-state index contributed by atoms with van der Waals surface area (Å²) in [4.78, 5) is 13.1. The summed E-state index contributed by atoms with van der Waals surface area (Å²) in [5, 5.41) is -0.245. The van der Waals surface area contributed by atoms with Crippen LogP contribution in [0.3, 0.4) is 0 Å². The van der Waals surface area contributed by atoms with Crippen LogP contribution in [0.2, 0.25) is 0 Å². The van der Waals surface area contributed by atoms with E-state index >= 15 is 0 Å². The van der Waals surface area contributed by atoms with E-state index in [1.54, 1.807) is 12.1 Å². The molecule has 5 nitrogen and oxygen atoms in total. The van der Waals surface area contributed by atoms with Crippen molar-refractivity contribution in [2.45, 2.75) is 30.6 Å². The van der Waals surface area contributed by atoms with E-state index in [0.29, 0.717) is 23.5 Å². The van der Waals surface area contributed by atoms with Crippen molar-refractivity contribution in [2.24, 2.45) is 5.73 Å². The second-order valence-corrected chi connectivity index (χ2v) is 7.37. The molecule has 1 amide bonds. The number of rotatable bonds is 3. The van der Waals surface area contributed by atoms with E-state index in [1.807, 2.05) is 0 Å². The highest BCUT2D eigenvalue weighted by molar-refractivity contribution is 7.85. The SMILES string of the molecule is NCC1CN(c2ccc([C@H]3CCCC[S@@]3=O)c(F)c2)C(=O)O1. The normalized spacial score (nSPS) is 28.7. The fourth-order valence-corrected chi connectivity index (χ4v) is 4.62. The molecule has 1 aromatic rings. The zero-order chi connectivity index (χ0) is 15.7. The van der Waals surface area contributed by atoms with Gasteiger partial charge in [-0.1, -0.05) is 12.5 Å². The number of cyclic esters (lactones) is 1. The molecule has 0 bridgehead atoms. The lowest BCUT2D eigenvalue weighted by molar-refractivity contribution is 0.145. The Kier molecular flexibility index (Phi) is 4.44. The van der Waals surface area contributed by atoms with E-state index in [1.165, 1.54) is 11.0 Å². The average Bonchev–Trinajstić information content (AvgIpc) is 2.89. The Morgan fingerprint density at radius 3 is 2.86 bits per heavy atom. The Morgan fingerprint density at radius 2 is 2.23 bits per heavy atom. The van der Waals surface area contributed by atoms with Crippen molar-refractivity contribution >= 4 is 22.6 Å². The number of carbonyl (C=O) groups excluding carboxylic acids is 1. The van der Waals surface area contributed by atoms with Gasteiger partial charge in [0.25, 0.3) is 0 Å². The van der Waals surface area contributed by atoms with Crippen LogP contribution in [0.1, 0.15) is 30.1 Å². The minimum atomic E-state index is -1.02. The molecule has 0 radical (unpaired) electrons. The van der Waals surface area contributed by atoms with Crippen LogP contribution in [0.4, 0.5) is 14.9 Å². The number of anilines is 1. The predicted molar refractivity (Wildman–Crippen MR) is 82.7 cm³/mol. The van der Waals surface area contributed by atoms with Crippen molar-refractivity contribution in [3.05, 3.63) is 29.6 Å². The topological polar surface area (TPSA) is 72.6 Å². The fraction of sp³-hybridized carbons (Fsp3) is 0.533. The Bertz CT molecular complexity index is 610. The standard InChI is InChI=1S/C15H19FN2O3S/c16-13-7-10(18-9-11(8-17)21-15(18)19)4-5-12(13)14-3-1-2-6-22(14)20/h4-5,7,11,14H,1-3,6,8-9,17H2/t11?,14-,22+/m1/s1. The maximum absolute atomic E-state index is 14.4. The maximum Gasteiger partial charge on any atom is 0.414 e. The molecule has 0 aromatic heterocycles. The van der Waals surface area contributed by atoms with Gasteiger partial charge >= 0.3 is 6.09 Å². The summed E-state index contributed by atoms with van der Waals surface area (Å²) >= 11 is 0. The first kappa shape index (κ1) is 15.4. The van der Waals surface area contributed by atoms with Crippen LogP contribution in [0.5, 0.6) is 0 Å². The quantitative estimate of drug-likeness (QED) is 0.923. The molecule has 0 spiro atoms. The zero-order valence-corrected chi connectivity index (χ0v) is 13.0. The highest BCUT2D eigenvalue weighted by atomic mass is 32.2. The van der Waals surface area contributed by atoms with Crippen LogP contribution < -0.4 is 10.6 Å². The highest BCUT2D eigenvalue weighted by Crippen LogP contribution is 2.34. The van der Waals surface area contributed by atoms with Gasteiger partial charge in [-0.3, -0.25) is 9.11 Å². The molecule has 2 N–H and O–H groups in total. The lowest BCUT2D eigenvalue weighted by atomic mass is 10.0. The number of nitrogens with zero attached hydrogens (tertiary/aromatic N) is 1. The number of hydrogen-bond donors (Lipinski definition) is 1. The summed E-state index contributed by atoms with van der Waals surface area (Å²) in [6.07, 6.45) is 1.77. The molecule has 0 aliphatic carbocycles. The molecule has 1 unspecified atom stereocenters. The van der Waals surface area contributed by atoms with E-state index in [-0.39, 0.29) is 17.9 Å². The molecule has 2 heterocycles. The molecular formula is C15H19FN2O3S. The molecule has 7 heteroatoms. The number of halogens is 1. The smallest absolute Gasteiger partial charge is 0.414 e. The second-order valence-electron chi connectivity index (χ2n) is 5.63. The van der Waals surface area contributed by atoms with Crippen LogP contribution in [0.15, 0.2) is 18.2 Å². The minimum Gasteiger partial charge on any atom is -0.443 e. The minimum absolute atomic E-state index is 0.240. The van der Waals surface area contributed by atoms with Crippen LogP contribution in [-0.4, -0.2) is 35.2 Å². The van der Waals surface area contributed by atoms with Crippen molar-refractivity contribution < 1.29 is 18.1 Å². The molecule has 3 rings (SSSR count). The molecule has 120 valence electrons. The molecule has 22 heavy (non-hydrogen) atoms. The van der Waals surface area contributed by atoms with Crippen LogP contribution in [0, 0.1) is 5.82 Å². The van der Waals surface area contributed by atoms with Gasteiger partial charge in [-0.25, -0.2) is 9.18 Å². The van der Waals surface area contributed by atoms with Gasteiger partial charge in [0.2, 0.25) is 0 Å². The number of nitrogens with two attached hydrogens (primary N) is 1. The van der Waals surface area contributed by atoms with Crippen molar-refractivity contribution in [1.82, 2.24) is 0 Å². The number of benzene rings is 1. The summed E-state index contributed by atoms with van der Waals surface area (Å²) in [5.74, 6) is 0.212. The van der Waals surface area contributed by atoms with Gasteiger partial charge in [0.15, 0.2) is 0 Å². The van der Waals surface area contributed by atoms with Gasteiger partial charge in [0, 0.05) is 28.7 Å². The Hall–Kier alpha value is -1.47. The van der Waals surface area contributed by atoms with Crippen molar-refractivity contribution in [3.8, 4) is 0 Å². The van der Waals surface area contributed by atoms with Gasteiger partial charge in [0.05, 0.1) is 17.5 Å². The Balaban J connectivity index is 1.83. The fourth-order valence-electron chi connectivity index (χ4n) is 2.95. The molecule has 2 aliphatic heterocycles. The first-order valence-electron chi connectivity index (χ1n) is 7.45. The summed E-state index contributed by atoms with van der Waals surface area (Å²) < 4.78 is 31.6. The molecule has 2 aliphatic rings. The number of amides is 1. The number of ether oxygens (including phenoxy) is 1. The number of carbonyl (C=O) groups is 1. The summed E-state index contributed by atoms with van der Waals surface area (Å²) in [7, 11) is -1.02. The first-order valence-corrected chi connectivity index (χ1v) is 8.83. The third-order valence-corrected chi connectivity index (χ3v) is 5.97. The van der Waals surface area contributed by atoms with E-state index in [9.17, 15) is 13.4 Å². The van der Waals surface area contributed by atoms with Gasteiger partial charge in [-0.05, 0) is 25.0 Å². The Morgan fingerprint density at radius 1 is 1.41 bits per heavy atom. The highest BCUT2D eigenvalue weighted by Gasteiger charge is 2.32. The third-order valence-electron chi connectivity index (χ3n) is 4.16. The lowest BCUT2D eigenvalue weighted by Crippen LogP contribution is -2.27. The predicted octanol–water partition coefficient (Wildman–Crippen LogP) is 2.08. The van der Waals surface area contributed by atoms with E-state index in [0.717, 1.165) is 19.3 Å². The summed E-state index contributed by atoms with van der Waals surface area (Å²) in [6.45, 7) is 0.563. The van der Waals surface area contributed by atoms with E-state index < -0.39 is 22.7 Å².